The Bertz CT molecular complexity index is 691. The van der Waals surface area contributed by atoms with Gasteiger partial charge in [-0.2, -0.15) is 0 Å². The largest absolute Gasteiger partial charge is 0.467 e. The predicted molar refractivity (Wildman–Crippen MR) is 92.8 cm³/mol. The monoisotopic (exact) mass is 429 g/mol. The predicted octanol–water partition coefficient (Wildman–Crippen LogP) is 3.59. The molecule has 1 amide bonds. The maximum Gasteiger partial charge on any atom is 0.333 e. The van der Waals surface area contributed by atoms with Crippen molar-refractivity contribution < 1.29 is 14.3 Å². The Balaban J connectivity index is 2.27. The van der Waals surface area contributed by atoms with Crippen molar-refractivity contribution in [2.24, 2.45) is 0 Å². The van der Waals surface area contributed by atoms with Crippen LogP contribution in [0.4, 0.5) is 0 Å². The second-order valence-electron chi connectivity index (χ2n) is 4.46. The molecule has 2 aromatic carbocycles. The van der Waals surface area contributed by atoms with E-state index in [1.165, 1.54) is 7.11 Å². The molecule has 0 saturated heterocycles. The normalized spacial score (nSPS) is 11.6. The zero-order chi connectivity index (χ0) is 16.1. The molecule has 4 nitrogen and oxygen atoms in total. The Morgan fingerprint density at radius 3 is 2.45 bits per heavy atom. The minimum atomic E-state index is -0.856. The number of carbonyl (C=O) groups excluding carboxylic acids is 2. The highest BCUT2D eigenvalue weighted by atomic mass is 127. The molecule has 0 radical (unpaired) electrons. The molecule has 0 aliphatic rings. The minimum Gasteiger partial charge on any atom is -0.467 e. The lowest BCUT2D eigenvalue weighted by molar-refractivity contribution is -0.143. The first-order valence-corrected chi connectivity index (χ1v) is 7.87. The van der Waals surface area contributed by atoms with Gasteiger partial charge in [0.25, 0.3) is 5.91 Å². The molecule has 0 bridgehead atoms. The zero-order valence-corrected chi connectivity index (χ0v) is 14.6. The second kappa shape index (κ2) is 7.60. The summed E-state index contributed by atoms with van der Waals surface area (Å²) in [5, 5.41) is 3.25. The van der Waals surface area contributed by atoms with Crippen LogP contribution in [0.5, 0.6) is 0 Å². The van der Waals surface area contributed by atoms with E-state index in [1.54, 1.807) is 42.5 Å². The van der Waals surface area contributed by atoms with Crippen LogP contribution in [0.1, 0.15) is 22.0 Å². The number of esters is 1. The first-order valence-electron chi connectivity index (χ1n) is 6.41. The van der Waals surface area contributed by atoms with Gasteiger partial charge in [0.15, 0.2) is 6.04 Å². The van der Waals surface area contributed by atoms with Crippen molar-refractivity contribution in [1.29, 1.82) is 0 Å². The zero-order valence-electron chi connectivity index (χ0n) is 11.7. The summed E-state index contributed by atoms with van der Waals surface area (Å²) < 4.78 is 5.48. The van der Waals surface area contributed by atoms with Crippen LogP contribution in [-0.4, -0.2) is 19.0 Å². The van der Waals surface area contributed by atoms with Crippen LogP contribution < -0.4 is 5.32 Å². The van der Waals surface area contributed by atoms with Gasteiger partial charge in [-0.3, -0.25) is 4.79 Å². The van der Waals surface area contributed by atoms with Crippen LogP contribution in [0.25, 0.3) is 0 Å². The number of halogens is 2. The van der Waals surface area contributed by atoms with Gasteiger partial charge in [0.05, 0.1) is 12.7 Å². The van der Waals surface area contributed by atoms with Crippen LogP contribution >= 0.6 is 34.2 Å². The smallest absolute Gasteiger partial charge is 0.333 e. The standard InChI is InChI=1S/C16H13ClINO3/c1-22-16(21)14(10-5-3-2-4-6-10)19-15(20)12-8-7-11(17)9-13(12)18/h2-9,14H,1H3,(H,19,20). The van der Waals surface area contributed by atoms with Crippen LogP contribution in [0, 0.1) is 3.57 Å². The van der Waals surface area contributed by atoms with Crippen molar-refractivity contribution in [1.82, 2.24) is 5.32 Å². The quantitative estimate of drug-likeness (QED) is 0.597. The lowest BCUT2D eigenvalue weighted by Gasteiger charge is -2.17. The highest BCUT2D eigenvalue weighted by Gasteiger charge is 2.24. The van der Waals surface area contributed by atoms with Gasteiger partial charge in [-0.25, -0.2) is 4.79 Å². The molecule has 0 spiro atoms. The topological polar surface area (TPSA) is 55.4 Å². The average molecular weight is 430 g/mol. The summed E-state index contributed by atoms with van der Waals surface area (Å²) in [7, 11) is 1.29. The molecule has 1 N–H and O–H groups in total. The molecule has 0 aliphatic heterocycles. The molecule has 114 valence electrons. The number of ether oxygens (including phenoxy) is 1. The fourth-order valence-electron chi connectivity index (χ4n) is 1.92. The van der Waals surface area contributed by atoms with E-state index in [9.17, 15) is 9.59 Å². The van der Waals surface area contributed by atoms with Crippen molar-refractivity contribution in [2.45, 2.75) is 6.04 Å². The Labute approximate surface area is 146 Å². The van der Waals surface area contributed by atoms with E-state index in [0.29, 0.717) is 19.7 Å². The molecule has 0 aromatic heterocycles. The maximum absolute atomic E-state index is 12.4. The summed E-state index contributed by atoms with van der Waals surface area (Å²) >= 11 is 7.91. The summed E-state index contributed by atoms with van der Waals surface area (Å²) in [6.07, 6.45) is 0. The fourth-order valence-corrected chi connectivity index (χ4v) is 3.04. The number of nitrogens with one attached hydrogen (secondary N) is 1. The van der Waals surface area contributed by atoms with Crippen LogP contribution in [0.2, 0.25) is 5.02 Å². The van der Waals surface area contributed by atoms with Gasteiger partial charge in [-0.05, 0) is 46.4 Å². The second-order valence-corrected chi connectivity index (χ2v) is 6.06. The van der Waals surface area contributed by atoms with Crippen molar-refractivity contribution in [3.63, 3.8) is 0 Å². The molecule has 0 fully saturated rings. The minimum absolute atomic E-state index is 0.361. The summed E-state index contributed by atoms with van der Waals surface area (Å²) in [6, 6.07) is 13.0. The van der Waals surface area contributed by atoms with E-state index < -0.39 is 12.0 Å². The number of methoxy groups -OCH3 is 1. The van der Waals surface area contributed by atoms with E-state index in [1.807, 2.05) is 28.7 Å². The Morgan fingerprint density at radius 1 is 1.18 bits per heavy atom. The molecule has 6 heteroatoms. The first-order chi connectivity index (χ1) is 10.5. The number of hydrogen-bond acceptors (Lipinski definition) is 3. The van der Waals surface area contributed by atoms with Crippen molar-refractivity contribution in [2.75, 3.05) is 7.11 Å². The highest BCUT2D eigenvalue weighted by molar-refractivity contribution is 14.1. The lowest BCUT2D eigenvalue weighted by atomic mass is 10.1. The average Bonchev–Trinajstić information content (AvgIpc) is 2.52. The van der Waals surface area contributed by atoms with Gasteiger partial charge < -0.3 is 10.1 Å². The highest BCUT2D eigenvalue weighted by Crippen LogP contribution is 2.20. The van der Waals surface area contributed by atoms with Crippen molar-refractivity contribution in [3.05, 3.63) is 68.3 Å². The molecular weight excluding hydrogens is 417 g/mol. The van der Waals surface area contributed by atoms with Gasteiger partial charge in [0.2, 0.25) is 0 Å². The van der Waals surface area contributed by atoms with Gasteiger partial charge in [-0.1, -0.05) is 41.9 Å². The Hall–Kier alpha value is -1.60. The SMILES string of the molecule is COC(=O)C(NC(=O)c1ccc(Cl)cc1I)c1ccccc1. The number of carbonyl (C=O) groups is 2. The van der Waals surface area contributed by atoms with Crippen LogP contribution in [0.15, 0.2) is 48.5 Å². The molecular formula is C16H13ClINO3. The number of hydrogen-bond donors (Lipinski definition) is 1. The molecule has 0 saturated carbocycles. The van der Waals surface area contributed by atoms with E-state index in [-0.39, 0.29) is 5.91 Å². The van der Waals surface area contributed by atoms with E-state index >= 15 is 0 Å². The van der Waals surface area contributed by atoms with Gasteiger partial charge in [0.1, 0.15) is 0 Å². The molecule has 0 heterocycles. The van der Waals surface area contributed by atoms with Crippen molar-refractivity contribution >= 4 is 46.1 Å². The Kier molecular flexibility index (Phi) is 5.79. The number of amides is 1. The van der Waals surface area contributed by atoms with Crippen LogP contribution in [0.3, 0.4) is 0 Å². The first kappa shape index (κ1) is 16.8. The molecule has 22 heavy (non-hydrogen) atoms. The van der Waals surface area contributed by atoms with Crippen molar-refractivity contribution in [3.8, 4) is 0 Å². The third-order valence-electron chi connectivity index (χ3n) is 3.02. The third-order valence-corrected chi connectivity index (χ3v) is 4.15. The molecule has 2 rings (SSSR count). The maximum atomic E-state index is 12.4. The number of benzene rings is 2. The fraction of sp³-hybridized carbons (Fsp3) is 0.125. The van der Waals surface area contributed by atoms with E-state index in [4.69, 9.17) is 16.3 Å². The molecule has 0 aliphatic carbocycles. The van der Waals surface area contributed by atoms with Gasteiger partial charge >= 0.3 is 5.97 Å². The number of rotatable bonds is 4. The molecule has 2 aromatic rings. The Morgan fingerprint density at radius 2 is 1.86 bits per heavy atom. The van der Waals surface area contributed by atoms with Crippen LogP contribution in [-0.2, 0) is 9.53 Å². The summed E-state index contributed by atoms with van der Waals surface area (Å²) in [5.41, 5.74) is 1.11. The third kappa shape index (κ3) is 3.98. The summed E-state index contributed by atoms with van der Waals surface area (Å²) in [6.45, 7) is 0. The van der Waals surface area contributed by atoms with Gasteiger partial charge in [-0.15, -0.1) is 0 Å². The van der Waals surface area contributed by atoms with E-state index in [2.05, 4.69) is 5.32 Å². The summed E-state index contributed by atoms with van der Waals surface area (Å²) in [4.78, 5) is 24.4. The lowest BCUT2D eigenvalue weighted by Crippen LogP contribution is -2.34. The molecule has 1 unspecified atom stereocenters. The van der Waals surface area contributed by atoms with Gasteiger partial charge in [0, 0.05) is 8.59 Å². The summed E-state index contributed by atoms with van der Waals surface area (Å²) in [5.74, 6) is -0.885. The molecule has 1 atom stereocenters. The van der Waals surface area contributed by atoms with E-state index in [0.717, 1.165) is 0 Å².